The molecule has 0 saturated heterocycles. The topological polar surface area (TPSA) is 95.9 Å². The van der Waals surface area contributed by atoms with Crippen molar-refractivity contribution in [3.05, 3.63) is 30.1 Å². The summed E-state index contributed by atoms with van der Waals surface area (Å²) in [4.78, 5) is 22.3. The third-order valence-corrected chi connectivity index (χ3v) is 2.56. The highest BCUT2D eigenvalue weighted by molar-refractivity contribution is 5.82. The Morgan fingerprint density at radius 2 is 1.95 bits per heavy atom. The largest absolute Gasteiger partial charge is 0.481 e. The monoisotopic (exact) mass is 285 g/mol. The predicted molar refractivity (Wildman–Crippen MR) is 67.8 cm³/mol. The van der Waals surface area contributed by atoms with Gasteiger partial charge in [0.15, 0.2) is 11.7 Å². The molecule has 0 aromatic heterocycles. The van der Waals surface area contributed by atoms with Gasteiger partial charge in [0, 0.05) is 0 Å². The summed E-state index contributed by atoms with van der Waals surface area (Å²) in [6, 6.07) is 5.11. The Kier molecular flexibility index (Phi) is 5.04. The number of amides is 1. The second-order valence-corrected chi connectivity index (χ2v) is 4.51. The van der Waals surface area contributed by atoms with Crippen molar-refractivity contribution in [2.24, 2.45) is 0 Å². The first-order valence-electron chi connectivity index (χ1n) is 5.88. The SMILES string of the molecule is CC(Oc1ccc(F)cc1)C(=O)NCC(C)(O)C(=O)O. The zero-order valence-electron chi connectivity index (χ0n) is 11.1. The van der Waals surface area contributed by atoms with Crippen LogP contribution in [0.5, 0.6) is 5.75 Å². The van der Waals surface area contributed by atoms with Gasteiger partial charge >= 0.3 is 5.97 Å². The van der Waals surface area contributed by atoms with Gasteiger partial charge in [0.05, 0.1) is 6.54 Å². The maximum atomic E-state index is 12.7. The molecular formula is C13H16FNO5. The van der Waals surface area contributed by atoms with Crippen molar-refractivity contribution in [3.8, 4) is 5.75 Å². The summed E-state index contributed by atoms with van der Waals surface area (Å²) >= 11 is 0. The fraction of sp³-hybridized carbons (Fsp3) is 0.385. The summed E-state index contributed by atoms with van der Waals surface area (Å²) in [6.07, 6.45) is -0.912. The van der Waals surface area contributed by atoms with Crippen LogP contribution in [-0.4, -0.2) is 40.3 Å². The van der Waals surface area contributed by atoms with Crippen LogP contribution in [0.1, 0.15) is 13.8 Å². The number of ether oxygens (including phenoxy) is 1. The molecule has 110 valence electrons. The van der Waals surface area contributed by atoms with Crippen LogP contribution in [0, 0.1) is 5.82 Å². The molecule has 1 aromatic rings. The normalized spacial score (nSPS) is 15.0. The van der Waals surface area contributed by atoms with E-state index in [1.165, 1.54) is 31.2 Å². The van der Waals surface area contributed by atoms with E-state index in [-0.39, 0.29) is 0 Å². The Balaban J connectivity index is 2.51. The van der Waals surface area contributed by atoms with Crippen molar-refractivity contribution < 1.29 is 28.9 Å². The molecule has 2 atom stereocenters. The van der Waals surface area contributed by atoms with Crippen molar-refractivity contribution in [3.63, 3.8) is 0 Å². The lowest BCUT2D eigenvalue weighted by Gasteiger charge is -2.20. The van der Waals surface area contributed by atoms with Crippen LogP contribution in [0.4, 0.5) is 4.39 Å². The molecule has 0 heterocycles. The lowest BCUT2D eigenvalue weighted by atomic mass is 10.1. The van der Waals surface area contributed by atoms with Crippen LogP contribution in [0.15, 0.2) is 24.3 Å². The molecule has 3 N–H and O–H groups in total. The zero-order valence-corrected chi connectivity index (χ0v) is 11.1. The molecule has 1 amide bonds. The highest BCUT2D eigenvalue weighted by atomic mass is 19.1. The third kappa shape index (κ3) is 4.51. The standard InChI is InChI=1S/C13H16FNO5/c1-8(20-10-5-3-9(14)4-6-10)11(16)15-7-13(2,19)12(17)18/h3-6,8,19H,7H2,1-2H3,(H,15,16)(H,17,18). The van der Waals surface area contributed by atoms with Crippen LogP contribution < -0.4 is 10.1 Å². The number of aliphatic carboxylic acids is 1. The van der Waals surface area contributed by atoms with Crippen LogP contribution in [0.3, 0.4) is 0 Å². The van der Waals surface area contributed by atoms with E-state index in [0.717, 1.165) is 6.92 Å². The predicted octanol–water partition coefficient (Wildman–Crippen LogP) is 0.545. The van der Waals surface area contributed by atoms with E-state index in [0.29, 0.717) is 5.75 Å². The Morgan fingerprint density at radius 1 is 1.40 bits per heavy atom. The minimum absolute atomic E-state index is 0.305. The number of nitrogens with one attached hydrogen (secondary N) is 1. The molecule has 0 radical (unpaired) electrons. The second kappa shape index (κ2) is 6.33. The van der Waals surface area contributed by atoms with Crippen LogP contribution in [-0.2, 0) is 9.59 Å². The molecular weight excluding hydrogens is 269 g/mol. The van der Waals surface area contributed by atoms with E-state index >= 15 is 0 Å². The van der Waals surface area contributed by atoms with Crippen molar-refractivity contribution in [1.29, 1.82) is 0 Å². The van der Waals surface area contributed by atoms with Gasteiger partial charge in [-0.3, -0.25) is 4.79 Å². The van der Waals surface area contributed by atoms with Gasteiger partial charge < -0.3 is 20.3 Å². The lowest BCUT2D eigenvalue weighted by molar-refractivity contribution is -0.156. The number of hydrogen-bond donors (Lipinski definition) is 3. The summed E-state index contributed by atoms with van der Waals surface area (Å²) < 4.78 is 17.9. The molecule has 0 saturated carbocycles. The number of carboxylic acids is 1. The molecule has 0 aliphatic heterocycles. The summed E-state index contributed by atoms with van der Waals surface area (Å²) in [5, 5.41) is 20.4. The van der Waals surface area contributed by atoms with Crippen molar-refractivity contribution in [2.45, 2.75) is 25.6 Å². The summed E-state index contributed by atoms with van der Waals surface area (Å²) in [5.74, 6) is -2.15. The van der Waals surface area contributed by atoms with Crippen LogP contribution in [0.2, 0.25) is 0 Å². The van der Waals surface area contributed by atoms with Gasteiger partial charge in [-0.1, -0.05) is 0 Å². The Bertz CT molecular complexity index is 486. The Labute approximate surface area is 115 Å². The quantitative estimate of drug-likeness (QED) is 0.709. The second-order valence-electron chi connectivity index (χ2n) is 4.51. The van der Waals surface area contributed by atoms with Crippen molar-refractivity contribution in [2.75, 3.05) is 6.54 Å². The molecule has 0 spiro atoms. The van der Waals surface area contributed by atoms with Gasteiger partial charge in [0.1, 0.15) is 11.6 Å². The molecule has 20 heavy (non-hydrogen) atoms. The van der Waals surface area contributed by atoms with Gasteiger partial charge in [0.25, 0.3) is 5.91 Å². The average Bonchev–Trinajstić information content (AvgIpc) is 2.38. The fourth-order valence-electron chi connectivity index (χ4n) is 1.25. The molecule has 0 aliphatic rings. The van der Waals surface area contributed by atoms with E-state index < -0.39 is 35.9 Å². The maximum absolute atomic E-state index is 12.7. The van der Waals surface area contributed by atoms with E-state index in [4.69, 9.17) is 9.84 Å². The summed E-state index contributed by atoms with van der Waals surface area (Å²) in [6.45, 7) is 2.08. The minimum atomic E-state index is -2.05. The van der Waals surface area contributed by atoms with Crippen LogP contribution in [0.25, 0.3) is 0 Å². The van der Waals surface area contributed by atoms with Crippen molar-refractivity contribution >= 4 is 11.9 Å². The molecule has 0 fully saturated rings. The average molecular weight is 285 g/mol. The van der Waals surface area contributed by atoms with Gasteiger partial charge in [-0.05, 0) is 38.1 Å². The first kappa shape index (κ1) is 15.9. The van der Waals surface area contributed by atoms with Crippen LogP contribution >= 0.6 is 0 Å². The summed E-state index contributed by atoms with van der Waals surface area (Å²) in [7, 11) is 0. The zero-order chi connectivity index (χ0) is 15.3. The number of aliphatic hydroxyl groups is 1. The summed E-state index contributed by atoms with van der Waals surface area (Å²) in [5.41, 5.74) is -2.05. The molecule has 1 rings (SSSR count). The van der Waals surface area contributed by atoms with E-state index in [1.54, 1.807) is 0 Å². The van der Waals surface area contributed by atoms with Gasteiger partial charge in [-0.2, -0.15) is 0 Å². The van der Waals surface area contributed by atoms with E-state index in [9.17, 15) is 19.1 Å². The molecule has 0 aliphatic carbocycles. The molecule has 0 bridgehead atoms. The lowest BCUT2D eigenvalue weighted by Crippen LogP contribution is -2.49. The highest BCUT2D eigenvalue weighted by Crippen LogP contribution is 2.13. The number of hydrogen-bond acceptors (Lipinski definition) is 4. The number of halogens is 1. The molecule has 7 heteroatoms. The Morgan fingerprint density at radius 3 is 2.45 bits per heavy atom. The van der Waals surface area contributed by atoms with Gasteiger partial charge in [-0.25, -0.2) is 9.18 Å². The Hall–Kier alpha value is -2.15. The minimum Gasteiger partial charge on any atom is -0.481 e. The maximum Gasteiger partial charge on any atom is 0.337 e. The highest BCUT2D eigenvalue weighted by Gasteiger charge is 2.31. The van der Waals surface area contributed by atoms with Crippen molar-refractivity contribution in [1.82, 2.24) is 5.32 Å². The third-order valence-electron chi connectivity index (χ3n) is 2.56. The molecule has 1 aromatic carbocycles. The number of rotatable bonds is 6. The van der Waals surface area contributed by atoms with E-state index in [1.807, 2.05) is 0 Å². The fourth-order valence-corrected chi connectivity index (χ4v) is 1.25. The number of benzene rings is 1. The number of carbonyl (C=O) groups is 2. The van der Waals surface area contributed by atoms with Gasteiger partial charge in [-0.15, -0.1) is 0 Å². The van der Waals surface area contributed by atoms with Gasteiger partial charge in [0.2, 0.25) is 0 Å². The molecule has 6 nitrogen and oxygen atoms in total. The number of carbonyl (C=O) groups excluding carboxylic acids is 1. The first-order chi connectivity index (χ1) is 9.22. The number of carboxylic acid groups (broad SMARTS) is 1. The first-order valence-corrected chi connectivity index (χ1v) is 5.88. The smallest absolute Gasteiger partial charge is 0.337 e. The molecule has 2 unspecified atom stereocenters. The van der Waals surface area contributed by atoms with E-state index in [2.05, 4.69) is 5.32 Å².